The van der Waals surface area contributed by atoms with Crippen LogP contribution < -0.4 is 24.6 Å². The summed E-state index contributed by atoms with van der Waals surface area (Å²) in [5, 5.41) is 5.83. The Morgan fingerprint density at radius 3 is 2.56 bits per heavy atom. The minimum atomic E-state index is -0.772. The Balaban J connectivity index is 1.68. The molecule has 0 unspecified atom stereocenters. The zero-order valence-electron chi connectivity index (χ0n) is 23.1. The van der Waals surface area contributed by atoms with Crippen molar-refractivity contribution in [3.8, 4) is 5.75 Å². The number of carbonyl (C=O) groups excluding carboxylic acids is 2. The smallest absolute Gasteiger partial charge is 0.338 e. The summed E-state index contributed by atoms with van der Waals surface area (Å²) in [6.45, 7) is 5.71. The van der Waals surface area contributed by atoms with Gasteiger partial charge in [-0.2, -0.15) is 10.1 Å². The van der Waals surface area contributed by atoms with Crippen LogP contribution in [-0.4, -0.2) is 35.9 Å². The Morgan fingerprint density at radius 2 is 1.90 bits per heavy atom. The molecule has 41 heavy (non-hydrogen) atoms. The summed E-state index contributed by atoms with van der Waals surface area (Å²) in [5.41, 5.74) is 2.50. The van der Waals surface area contributed by atoms with E-state index < -0.39 is 17.9 Å². The van der Waals surface area contributed by atoms with Crippen LogP contribution in [0.4, 0.5) is 5.69 Å². The van der Waals surface area contributed by atoms with Crippen LogP contribution in [0, 0.1) is 5.92 Å². The number of ether oxygens (including phenoxy) is 2. The first-order chi connectivity index (χ1) is 19.8. The lowest BCUT2D eigenvalue weighted by molar-refractivity contribution is -0.139. The number of para-hydroxylation sites is 1. The molecular weight excluding hydrogens is 608 g/mol. The van der Waals surface area contributed by atoms with Crippen LogP contribution in [-0.2, 0) is 14.3 Å². The van der Waals surface area contributed by atoms with Crippen molar-refractivity contribution in [1.29, 1.82) is 0 Å². The van der Waals surface area contributed by atoms with Crippen molar-refractivity contribution in [3.63, 3.8) is 0 Å². The number of nitrogens with zero attached hydrogens (tertiary/aromatic N) is 4. The van der Waals surface area contributed by atoms with Gasteiger partial charge in [-0.1, -0.05) is 48.9 Å². The maximum Gasteiger partial charge on any atom is 0.338 e. The van der Waals surface area contributed by atoms with Crippen molar-refractivity contribution in [2.75, 3.05) is 18.7 Å². The molecule has 3 heterocycles. The van der Waals surface area contributed by atoms with E-state index in [2.05, 4.69) is 21.0 Å². The summed E-state index contributed by atoms with van der Waals surface area (Å²) in [7, 11) is 1.57. The van der Waals surface area contributed by atoms with Crippen molar-refractivity contribution >= 4 is 56.6 Å². The fraction of sp³-hybridized carbons (Fsp3) is 0.300. The topological polar surface area (TPSA) is 103 Å². The fourth-order valence-electron chi connectivity index (χ4n) is 4.98. The van der Waals surface area contributed by atoms with Crippen LogP contribution in [0.3, 0.4) is 0 Å². The molecule has 0 saturated carbocycles. The van der Waals surface area contributed by atoms with Gasteiger partial charge >= 0.3 is 5.97 Å². The van der Waals surface area contributed by atoms with Crippen LogP contribution >= 0.6 is 27.3 Å². The number of halogens is 1. The number of amides is 1. The average molecular weight is 638 g/mol. The SMILES string of the molecule is CCCC1=C(C(=O)OCC)[C@H](c2ccc(OC)c(Br)c2)n2c(s/c(=C/[C@@H]3C(=O)N(c4ccccc4)N=C3C)c2=O)=N1. The Bertz CT molecular complexity index is 1760. The average Bonchev–Trinajstić information content (AvgIpc) is 3.43. The number of hydrazone groups is 1. The number of fused-ring (bicyclic) bond motifs is 1. The number of methoxy groups -OCH3 is 1. The zero-order chi connectivity index (χ0) is 29.3. The van der Waals surface area contributed by atoms with E-state index in [1.54, 1.807) is 33.1 Å². The number of thiazole rings is 1. The normalized spacial score (nSPS) is 18.8. The van der Waals surface area contributed by atoms with Gasteiger partial charge in [-0.15, -0.1) is 0 Å². The highest BCUT2D eigenvalue weighted by Gasteiger charge is 2.36. The number of benzene rings is 2. The third-order valence-corrected chi connectivity index (χ3v) is 8.51. The monoisotopic (exact) mass is 636 g/mol. The molecule has 0 fully saturated rings. The number of hydrogen-bond acceptors (Lipinski definition) is 8. The second-order valence-corrected chi connectivity index (χ2v) is 11.4. The predicted octanol–water partition coefficient (Wildman–Crippen LogP) is 4.34. The quantitative estimate of drug-likeness (QED) is 0.342. The summed E-state index contributed by atoms with van der Waals surface area (Å²) < 4.78 is 13.4. The molecule has 11 heteroatoms. The third kappa shape index (κ3) is 5.31. The van der Waals surface area contributed by atoms with Gasteiger partial charge in [-0.25, -0.2) is 9.79 Å². The van der Waals surface area contributed by atoms with Crippen molar-refractivity contribution in [2.24, 2.45) is 16.0 Å². The Morgan fingerprint density at radius 1 is 1.15 bits per heavy atom. The van der Waals surface area contributed by atoms with Crippen LogP contribution in [0.15, 0.2) is 79.2 Å². The molecule has 0 spiro atoms. The van der Waals surface area contributed by atoms with E-state index >= 15 is 0 Å². The second-order valence-electron chi connectivity index (χ2n) is 9.53. The minimum absolute atomic E-state index is 0.186. The standard InChI is InChI=1S/C30H29BrN4O5S/c1-5-10-22-25(29(38)40-6-2)26(18-13-14-23(39-4)21(31)15-18)34-28(37)24(41-30(34)32-22)16-20-17(3)33-35(27(20)36)19-11-8-7-9-12-19/h7-9,11-16,20,26H,5-6,10H2,1-4H3/b24-16+/t20-,26-/m0/s1. The molecule has 1 aromatic heterocycles. The maximum absolute atomic E-state index is 14.1. The number of esters is 1. The lowest BCUT2D eigenvalue weighted by atomic mass is 9.94. The summed E-state index contributed by atoms with van der Waals surface area (Å²) in [4.78, 5) is 46.0. The molecule has 5 rings (SSSR count). The van der Waals surface area contributed by atoms with Crippen molar-refractivity contribution < 1.29 is 19.1 Å². The highest BCUT2D eigenvalue weighted by Crippen LogP contribution is 2.36. The Labute approximate surface area is 249 Å². The van der Waals surface area contributed by atoms with Crippen LogP contribution in [0.25, 0.3) is 6.08 Å². The van der Waals surface area contributed by atoms with Gasteiger partial charge in [-0.05, 0) is 72.1 Å². The first-order valence-electron chi connectivity index (χ1n) is 13.3. The molecule has 0 saturated heterocycles. The summed E-state index contributed by atoms with van der Waals surface area (Å²) in [5.74, 6) is -0.841. The summed E-state index contributed by atoms with van der Waals surface area (Å²) in [6.07, 6.45) is 2.94. The molecule has 2 aromatic carbocycles. The number of rotatable bonds is 8. The molecular formula is C30H29BrN4O5S. The van der Waals surface area contributed by atoms with Gasteiger partial charge in [0.1, 0.15) is 11.7 Å². The van der Waals surface area contributed by atoms with Gasteiger partial charge in [0.05, 0.1) is 51.4 Å². The van der Waals surface area contributed by atoms with E-state index in [9.17, 15) is 14.4 Å². The van der Waals surface area contributed by atoms with Crippen LogP contribution in [0.2, 0.25) is 0 Å². The Hall–Kier alpha value is -3.83. The maximum atomic E-state index is 14.1. The van der Waals surface area contributed by atoms with E-state index in [0.717, 1.165) is 6.42 Å². The molecule has 0 radical (unpaired) electrons. The fourth-order valence-corrected chi connectivity index (χ4v) is 6.57. The van der Waals surface area contributed by atoms with Gasteiger partial charge in [0.15, 0.2) is 4.80 Å². The van der Waals surface area contributed by atoms with E-state index in [-0.39, 0.29) is 18.1 Å². The number of carbonyl (C=O) groups is 2. The number of anilines is 1. The molecule has 2 aliphatic rings. The molecule has 0 N–H and O–H groups in total. The molecule has 0 bridgehead atoms. The van der Waals surface area contributed by atoms with Gasteiger partial charge in [-0.3, -0.25) is 14.2 Å². The molecule has 0 aliphatic carbocycles. The van der Waals surface area contributed by atoms with Crippen molar-refractivity contribution in [1.82, 2.24) is 4.57 Å². The lowest BCUT2D eigenvalue weighted by Gasteiger charge is -2.26. The molecule has 2 aliphatic heterocycles. The first kappa shape index (κ1) is 28.7. The second kappa shape index (κ2) is 12.0. The van der Waals surface area contributed by atoms with Gasteiger partial charge < -0.3 is 9.47 Å². The minimum Gasteiger partial charge on any atom is -0.496 e. The highest BCUT2D eigenvalue weighted by molar-refractivity contribution is 9.10. The zero-order valence-corrected chi connectivity index (χ0v) is 25.5. The molecule has 9 nitrogen and oxygen atoms in total. The van der Waals surface area contributed by atoms with Crippen molar-refractivity contribution in [3.05, 3.63) is 89.5 Å². The van der Waals surface area contributed by atoms with E-state index in [1.807, 2.05) is 49.4 Å². The van der Waals surface area contributed by atoms with Gasteiger partial charge in [0.25, 0.3) is 11.5 Å². The summed E-state index contributed by atoms with van der Waals surface area (Å²) >= 11 is 4.74. The Kier molecular flexibility index (Phi) is 8.37. The van der Waals surface area contributed by atoms with Crippen LogP contribution in [0.1, 0.15) is 45.2 Å². The van der Waals surface area contributed by atoms with Gasteiger partial charge in [0, 0.05) is 0 Å². The molecule has 3 aromatic rings. The van der Waals surface area contributed by atoms with Gasteiger partial charge in [0.2, 0.25) is 0 Å². The number of allylic oxidation sites excluding steroid dienone is 1. The predicted molar refractivity (Wildman–Crippen MR) is 162 cm³/mol. The molecule has 1 amide bonds. The van der Waals surface area contributed by atoms with E-state index in [0.29, 0.717) is 54.2 Å². The highest BCUT2D eigenvalue weighted by atomic mass is 79.9. The molecule has 212 valence electrons. The first-order valence-corrected chi connectivity index (χ1v) is 14.9. The largest absolute Gasteiger partial charge is 0.496 e. The lowest BCUT2D eigenvalue weighted by Crippen LogP contribution is -2.40. The number of hydrogen-bond donors (Lipinski definition) is 0. The van der Waals surface area contributed by atoms with E-state index in [1.165, 1.54) is 20.9 Å². The van der Waals surface area contributed by atoms with Crippen LogP contribution in [0.5, 0.6) is 5.75 Å². The molecule has 2 atom stereocenters. The van der Waals surface area contributed by atoms with E-state index in [4.69, 9.17) is 14.5 Å². The third-order valence-electron chi connectivity index (χ3n) is 6.89. The summed E-state index contributed by atoms with van der Waals surface area (Å²) in [6, 6.07) is 13.8. The number of aromatic nitrogens is 1. The van der Waals surface area contributed by atoms with Crippen molar-refractivity contribution in [2.45, 2.75) is 39.7 Å².